The Bertz CT molecular complexity index is 385. The third-order valence-corrected chi connectivity index (χ3v) is 2.70. The van der Waals surface area contributed by atoms with E-state index in [1.165, 1.54) is 5.69 Å². The van der Waals surface area contributed by atoms with E-state index in [4.69, 9.17) is 10.9 Å². The highest BCUT2D eigenvalue weighted by Crippen LogP contribution is 2.06. The van der Waals surface area contributed by atoms with E-state index in [0.29, 0.717) is 6.42 Å². The van der Waals surface area contributed by atoms with Crippen LogP contribution in [0.25, 0.3) is 0 Å². The number of aromatic nitrogens is 2. The molecular formula is C11H21N5O. The van der Waals surface area contributed by atoms with E-state index >= 15 is 0 Å². The fourth-order valence-corrected chi connectivity index (χ4v) is 1.60. The van der Waals surface area contributed by atoms with Gasteiger partial charge in [-0.3, -0.25) is 4.68 Å². The molecule has 0 amide bonds. The lowest BCUT2D eigenvalue weighted by molar-refractivity contribution is 0.307. The molecule has 0 saturated carbocycles. The van der Waals surface area contributed by atoms with Gasteiger partial charge in [0.25, 0.3) is 0 Å². The predicted molar refractivity (Wildman–Crippen MR) is 66.9 cm³/mol. The van der Waals surface area contributed by atoms with Crippen molar-refractivity contribution in [3.63, 3.8) is 0 Å². The zero-order valence-corrected chi connectivity index (χ0v) is 10.7. The standard InChI is InChI=1S/C11H21N5O/c1-4-9-7-10(16(3)13-9)8-15(2)6-5-11(12)14-17/h7,17H,4-6,8H2,1-3H3,(H2,12,14). The van der Waals surface area contributed by atoms with Gasteiger partial charge in [-0.1, -0.05) is 12.1 Å². The van der Waals surface area contributed by atoms with Crippen LogP contribution in [0.15, 0.2) is 11.2 Å². The van der Waals surface area contributed by atoms with Gasteiger partial charge in [0.15, 0.2) is 0 Å². The molecule has 17 heavy (non-hydrogen) atoms. The van der Waals surface area contributed by atoms with E-state index in [2.05, 4.69) is 28.1 Å². The number of oxime groups is 1. The number of amidine groups is 1. The predicted octanol–water partition coefficient (Wildman–Crippen LogP) is 0.551. The minimum absolute atomic E-state index is 0.260. The second-order valence-electron chi connectivity index (χ2n) is 4.18. The Morgan fingerprint density at radius 3 is 2.88 bits per heavy atom. The summed E-state index contributed by atoms with van der Waals surface area (Å²) in [6.07, 6.45) is 1.51. The van der Waals surface area contributed by atoms with E-state index in [0.717, 1.165) is 25.2 Å². The molecule has 0 aromatic carbocycles. The number of hydrogen-bond donors (Lipinski definition) is 2. The highest BCUT2D eigenvalue weighted by Gasteiger charge is 2.07. The molecule has 6 heteroatoms. The molecule has 1 heterocycles. The lowest BCUT2D eigenvalue weighted by Crippen LogP contribution is -2.25. The van der Waals surface area contributed by atoms with Crippen LogP contribution in [-0.2, 0) is 20.0 Å². The molecule has 1 rings (SSSR count). The molecule has 96 valence electrons. The fourth-order valence-electron chi connectivity index (χ4n) is 1.60. The van der Waals surface area contributed by atoms with Crippen LogP contribution >= 0.6 is 0 Å². The van der Waals surface area contributed by atoms with E-state index in [-0.39, 0.29) is 5.84 Å². The highest BCUT2D eigenvalue weighted by molar-refractivity contribution is 5.79. The van der Waals surface area contributed by atoms with Crippen LogP contribution in [-0.4, -0.2) is 39.3 Å². The monoisotopic (exact) mass is 239 g/mol. The molecule has 0 aliphatic heterocycles. The Balaban J connectivity index is 2.49. The van der Waals surface area contributed by atoms with E-state index in [1.807, 2.05) is 18.8 Å². The summed E-state index contributed by atoms with van der Waals surface area (Å²) in [6.45, 7) is 3.65. The molecule has 0 aliphatic rings. The van der Waals surface area contributed by atoms with Gasteiger partial charge in [-0.2, -0.15) is 5.10 Å². The van der Waals surface area contributed by atoms with Gasteiger partial charge < -0.3 is 15.8 Å². The molecule has 0 aliphatic carbocycles. The quantitative estimate of drug-likeness (QED) is 0.329. The van der Waals surface area contributed by atoms with Gasteiger partial charge in [-0.25, -0.2) is 0 Å². The SMILES string of the molecule is CCc1cc(CN(C)CCC(N)=NO)n(C)n1. The number of aryl methyl sites for hydroxylation is 2. The Hall–Kier alpha value is -1.56. The minimum atomic E-state index is 0.260. The van der Waals surface area contributed by atoms with Crippen molar-refractivity contribution in [2.45, 2.75) is 26.3 Å². The maximum atomic E-state index is 8.45. The van der Waals surface area contributed by atoms with Crippen molar-refractivity contribution in [3.05, 3.63) is 17.5 Å². The molecule has 0 atom stereocenters. The zero-order chi connectivity index (χ0) is 12.8. The summed E-state index contributed by atoms with van der Waals surface area (Å²) in [5, 5.41) is 15.8. The van der Waals surface area contributed by atoms with Gasteiger partial charge in [0.05, 0.1) is 11.4 Å². The largest absolute Gasteiger partial charge is 0.409 e. The van der Waals surface area contributed by atoms with Crippen LogP contribution in [0.5, 0.6) is 0 Å². The normalized spacial score (nSPS) is 12.4. The molecule has 0 unspecified atom stereocenters. The third kappa shape index (κ3) is 4.07. The molecule has 0 spiro atoms. The average Bonchev–Trinajstić information content (AvgIpc) is 2.67. The summed E-state index contributed by atoms with van der Waals surface area (Å²) in [4.78, 5) is 2.12. The van der Waals surface area contributed by atoms with Crippen molar-refractivity contribution in [1.29, 1.82) is 0 Å². The third-order valence-electron chi connectivity index (χ3n) is 2.70. The van der Waals surface area contributed by atoms with E-state index in [9.17, 15) is 0 Å². The van der Waals surface area contributed by atoms with Crippen molar-refractivity contribution in [3.8, 4) is 0 Å². The summed E-state index contributed by atoms with van der Waals surface area (Å²) in [7, 11) is 3.95. The summed E-state index contributed by atoms with van der Waals surface area (Å²) < 4.78 is 1.90. The Morgan fingerprint density at radius 1 is 1.65 bits per heavy atom. The molecule has 0 bridgehead atoms. The zero-order valence-electron chi connectivity index (χ0n) is 10.7. The summed E-state index contributed by atoms with van der Waals surface area (Å²) in [6, 6.07) is 2.11. The van der Waals surface area contributed by atoms with Gasteiger partial charge in [-0.15, -0.1) is 0 Å². The molecule has 0 radical (unpaired) electrons. The number of hydrogen-bond acceptors (Lipinski definition) is 4. The maximum absolute atomic E-state index is 8.45. The van der Waals surface area contributed by atoms with E-state index < -0.39 is 0 Å². The van der Waals surface area contributed by atoms with Crippen LogP contribution < -0.4 is 5.73 Å². The van der Waals surface area contributed by atoms with Crippen molar-refractivity contribution < 1.29 is 5.21 Å². The minimum Gasteiger partial charge on any atom is -0.409 e. The molecule has 6 nitrogen and oxygen atoms in total. The molecule has 1 aromatic rings. The molecular weight excluding hydrogens is 218 g/mol. The van der Waals surface area contributed by atoms with Crippen LogP contribution in [0.4, 0.5) is 0 Å². The van der Waals surface area contributed by atoms with Gasteiger partial charge in [0, 0.05) is 26.6 Å². The molecule has 3 N–H and O–H groups in total. The topological polar surface area (TPSA) is 79.7 Å². The van der Waals surface area contributed by atoms with Crippen LogP contribution in [0.1, 0.15) is 24.7 Å². The van der Waals surface area contributed by atoms with Gasteiger partial charge in [0.1, 0.15) is 5.84 Å². The second kappa shape index (κ2) is 6.24. The molecule has 0 fully saturated rings. The Morgan fingerprint density at radius 2 is 2.35 bits per heavy atom. The first-order chi connectivity index (χ1) is 8.06. The Labute approximate surface area is 102 Å². The highest BCUT2D eigenvalue weighted by atomic mass is 16.4. The molecule has 0 saturated heterocycles. The lowest BCUT2D eigenvalue weighted by Gasteiger charge is -2.15. The average molecular weight is 239 g/mol. The van der Waals surface area contributed by atoms with Crippen LogP contribution in [0.3, 0.4) is 0 Å². The summed E-state index contributed by atoms with van der Waals surface area (Å²) >= 11 is 0. The van der Waals surface area contributed by atoms with Crippen molar-refractivity contribution in [1.82, 2.24) is 14.7 Å². The van der Waals surface area contributed by atoms with Crippen LogP contribution in [0, 0.1) is 0 Å². The number of rotatable bonds is 6. The smallest absolute Gasteiger partial charge is 0.140 e. The van der Waals surface area contributed by atoms with Crippen LogP contribution in [0.2, 0.25) is 0 Å². The first-order valence-corrected chi connectivity index (χ1v) is 5.73. The first kappa shape index (κ1) is 13.5. The van der Waals surface area contributed by atoms with Crippen molar-refractivity contribution >= 4 is 5.84 Å². The fraction of sp³-hybridized carbons (Fsp3) is 0.636. The first-order valence-electron chi connectivity index (χ1n) is 5.73. The van der Waals surface area contributed by atoms with E-state index in [1.54, 1.807) is 0 Å². The summed E-state index contributed by atoms with van der Waals surface area (Å²) in [5.74, 6) is 0.260. The maximum Gasteiger partial charge on any atom is 0.140 e. The van der Waals surface area contributed by atoms with Gasteiger partial charge >= 0.3 is 0 Å². The Kier molecular flexibility index (Phi) is 4.96. The second-order valence-corrected chi connectivity index (χ2v) is 4.18. The summed E-state index contributed by atoms with van der Waals surface area (Å²) in [5.41, 5.74) is 7.70. The van der Waals surface area contributed by atoms with Crippen molar-refractivity contribution in [2.75, 3.05) is 13.6 Å². The lowest BCUT2D eigenvalue weighted by atomic mass is 10.3. The van der Waals surface area contributed by atoms with Gasteiger partial charge in [0.2, 0.25) is 0 Å². The number of nitrogens with two attached hydrogens (primary N) is 1. The number of nitrogens with zero attached hydrogens (tertiary/aromatic N) is 4. The van der Waals surface area contributed by atoms with Gasteiger partial charge in [-0.05, 0) is 19.5 Å². The van der Waals surface area contributed by atoms with Crippen molar-refractivity contribution in [2.24, 2.45) is 17.9 Å². The molecule has 1 aromatic heterocycles.